The van der Waals surface area contributed by atoms with Gasteiger partial charge in [-0.15, -0.1) is 0 Å². The average molecular weight is 287 g/mol. The monoisotopic (exact) mass is 287 g/mol. The molecule has 0 spiro atoms. The van der Waals surface area contributed by atoms with Crippen molar-refractivity contribution in [2.24, 2.45) is 7.05 Å². The molecule has 0 saturated carbocycles. The predicted molar refractivity (Wildman–Crippen MR) is 79.5 cm³/mol. The molecule has 1 unspecified atom stereocenters. The summed E-state index contributed by atoms with van der Waals surface area (Å²) in [7, 11) is 1.87. The van der Waals surface area contributed by atoms with Gasteiger partial charge in [0.2, 0.25) is 0 Å². The van der Waals surface area contributed by atoms with E-state index >= 15 is 0 Å². The molecule has 0 saturated heterocycles. The van der Waals surface area contributed by atoms with E-state index in [1.54, 1.807) is 16.9 Å². The molecule has 5 heteroatoms. The Balaban J connectivity index is 2.03. The summed E-state index contributed by atoms with van der Waals surface area (Å²) < 4.78 is 21.3. The van der Waals surface area contributed by atoms with Gasteiger partial charge in [-0.05, 0) is 25.1 Å². The van der Waals surface area contributed by atoms with Crippen LogP contribution in [-0.2, 0) is 7.05 Å². The molecule has 21 heavy (non-hydrogen) atoms. The van der Waals surface area contributed by atoms with Crippen molar-refractivity contribution in [3.8, 4) is 0 Å². The average Bonchev–Trinajstić information content (AvgIpc) is 3.07. The Labute approximate surface area is 122 Å². The van der Waals surface area contributed by atoms with Gasteiger partial charge in [-0.3, -0.25) is 4.68 Å². The van der Waals surface area contributed by atoms with Crippen LogP contribution in [0.3, 0.4) is 0 Å². The Morgan fingerprint density at radius 2 is 2.29 bits per heavy atom. The normalized spacial score (nSPS) is 12.9. The van der Waals surface area contributed by atoms with Gasteiger partial charge in [0.25, 0.3) is 0 Å². The van der Waals surface area contributed by atoms with Crippen LogP contribution in [0.25, 0.3) is 11.0 Å². The molecule has 0 fully saturated rings. The minimum absolute atomic E-state index is 0.120. The fourth-order valence-corrected chi connectivity index (χ4v) is 2.45. The quantitative estimate of drug-likeness (QED) is 0.782. The zero-order valence-electron chi connectivity index (χ0n) is 12.1. The Morgan fingerprint density at radius 3 is 2.95 bits per heavy atom. The summed E-state index contributed by atoms with van der Waals surface area (Å²) in [6.07, 6.45) is 4.75. The Morgan fingerprint density at radius 1 is 1.43 bits per heavy atom. The van der Waals surface area contributed by atoms with E-state index < -0.39 is 0 Å². The lowest BCUT2D eigenvalue weighted by Crippen LogP contribution is -2.22. The van der Waals surface area contributed by atoms with E-state index in [2.05, 4.69) is 17.3 Å². The van der Waals surface area contributed by atoms with Crippen LogP contribution in [0, 0.1) is 5.82 Å². The number of para-hydroxylation sites is 1. The number of hydrogen-bond acceptors (Lipinski definition) is 3. The van der Waals surface area contributed by atoms with Gasteiger partial charge >= 0.3 is 0 Å². The Hall–Kier alpha value is -2.14. The van der Waals surface area contributed by atoms with Gasteiger partial charge < -0.3 is 9.73 Å². The van der Waals surface area contributed by atoms with Crippen LogP contribution in [0.5, 0.6) is 0 Å². The molecule has 110 valence electrons. The van der Waals surface area contributed by atoms with E-state index in [4.69, 9.17) is 4.42 Å². The molecule has 2 aromatic heterocycles. The molecule has 1 aromatic carbocycles. The maximum atomic E-state index is 13.8. The molecule has 4 nitrogen and oxygen atoms in total. The van der Waals surface area contributed by atoms with E-state index in [9.17, 15) is 4.39 Å². The van der Waals surface area contributed by atoms with Gasteiger partial charge in [0.15, 0.2) is 11.4 Å². The third-order valence-corrected chi connectivity index (χ3v) is 3.46. The first-order valence-electron chi connectivity index (χ1n) is 7.09. The molecule has 0 amide bonds. The SMILES string of the molecule is CCCNC(c1cnn(C)c1)c1cc2cccc(F)c2o1. The number of aromatic nitrogens is 2. The lowest BCUT2D eigenvalue weighted by atomic mass is 10.1. The highest BCUT2D eigenvalue weighted by molar-refractivity contribution is 5.78. The number of nitrogens with one attached hydrogen (secondary N) is 1. The van der Waals surface area contributed by atoms with Crippen molar-refractivity contribution in [2.75, 3.05) is 6.54 Å². The van der Waals surface area contributed by atoms with Crippen molar-refractivity contribution < 1.29 is 8.81 Å². The number of furan rings is 1. The van der Waals surface area contributed by atoms with Gasteiger partial charge in [0.1, 0.15) is 5.76 Å². The minimum Gasteiger partial charge on any atom is -0.456 e. The number of halogens is 1. The summed E-state index contributed by atoms with van der Waals surface area (Å²) in [6.45, 7) is 2.95. The summed E-state index contributed by atoms with van der Waals surface area (Å²) in [5, 5.41) is 8.40. The second-order valence-corrected chi connectivity index (χ2v) is 5.14. The van der Waals surface area contributed by atoms with Crippen LogP contribution < -0.4 is 5.32 Å². The van der Waals surface area contributed by atoms with Crippen molar-refractivity contribution in [3.63, 3.8) is 0 Å². The van der Waals surface area contributed by atoms with Gasteiger partial charge in [0, 0.05) is 24.2 Å². The van der Waals surface area contributed by atoms with Crippen molar-refractivity contribution >= 4 is 11.0 Å². The van der Waals surface area contributed by atoms with Gasteiger partial charge in [-0.2, -0.15) is 5.10 Å². The standard InChI is InChI=1S/C16H18FN3O/c1-3-7-18-15(12-9-19-20(2)10-12)14-8-11-5-4-6-13(17)16(11)21-14/h4-6,8-10,15,18H,3,7H2,1-2H3. The number of hydrogen-bond donors (Lipinski definition) is 1. The summed E-state index contributed by atoms with van der Waals surface area (Å²) in [4.78, 5) is 0. The topological polar surface area (TPSA) is 43.0 Å². The number of benzene rings is 1. The van der Waals surface area contributed by atoms with Crippen molar-refractivity contribution in [1.29, 1.82) is 0 Å². The first-order chi connectivity index (χ1) is 10.2. The molecular weight excluding hydrogens is 269 g/mol. The number of rotatable bonds is 5. The van der Waals surface area contributed by atoms with Crippen molar-refractivity contribution in [3.05, 3.63) is 53.8 Å². The van der Waals surface area contributed by atoms with E-state index in [-0.39, 0.29) is 11.9 Å². The maximum absolute atomic E-state index is 13.8. The third-order valence-electron chi connectivity index (χ3n) is 3.46. The molecule has 0 aliphatic carbocycles. The molecule has 0 bridgehead atoms. The van der Waals surface area contributed by atoms with Crippen LogP contribution in [-0.4, -0.2) is 16.3 Å². The largest absolute Gasteiger partial charge is 0.456 e. The molecule has 2 heterocycles. The highest BCUT2D eigenvalue weighted by Gasteiger charge is 2.20. The number of nitrogens with zero attached hydrogens (tertiary/aromatic N) is 2. The smallest absolute Gasteiger partial charge is 0.169 e. The molecule has 1 N–H and O–H groups in total. The van der Waals surface area contributed by atoms with Crippen LogP contribution in [0.15, 0.2) is 41.1 Å². The van der Waals surface area contributed by atoms with Crippen molar-refractivity contribution in [2.45, 2.75) is 19.4 Å². The zero-order chi connectivity index (χ0) is 14.8. The van der Waals surface area contributed by atoms with Crippen LogP contribution in [0.2, 0.25) is 0 Å². The summed E-state index contributed by atoms with van der Waals surface area (Å²) >= 11 is 0. The molecule has 1 atom stereocenters. The highest BCUT2D eigenvalue weighted by Crippen LogP contribution is 2.29. The van der Waals surface area contributed by atoms with Crippen LogP contribution in [0.1, 0.15) is 30.7 Å². The number of aryl methyl sites for hydroxylation is 1. The third kappa shape index (κ3) is 2.69. The maximum Gasteiger partial charge on any atom is 0.169 e. The van der Waals surface area contributed by atoms with Crippen LogP contribution in [0.4, 0.5) is 4.39 Å². The molecule has 0 radical (unpaired) electrons. The molecular formula is C16H18FN3O. The summed E-state index contributed by atoms with van der Waals surface area (Å²) in [5.74, 6) is 0.371. The van der Waals surface area contributed by atoms with E-state index in [0.717, 1.165) is 23.9 Å². The predicted octanol–water partition coefficient (Wildman–Crippen LogP) is 3.39. The van der Waals surface area contributed by atoms with Crippen LogP contribution >= 0.6 is 0 Å². The Kier molecular flexibility index (Phi) is 3.75. The van der Waals surface area contributed by atoms with Crippen molar-refractivity contribution in [1.82, 2.24) is 15.1 Å². The fourth-order valence-electron chi connectivity index (χ4n) is 2.45. The Bertz CT molecular complexity index is 747. The first-order valence-corrected chi connectivity index (χ1v) is 7.09. The highest BCUT2D eigenvalue weighted by atomic mass is 19.1. The van der Waals surface area contributed by atoms with E-state index in [1.807, 2.05) is 25.4 Å². The second kappa shape index (κ2) is 5.69. The lowest BCUT2D eigenvalue weighted by molar-refractivity contribution is 0.459. The van der Waals surface area contributed by atoms with E-state index in [0.29, 0.717) is 11.3 Å². The second-order valence-electron chi connectivity index (χ2n) is 5.14. The molecule has 3 aromatic rings. The van der Waals surface area contributed by atoms with E-state index in [1.165, 1.54) is 6.07 Å². The van der Waals surface area contributed by atoms with Gasteiger partial charge in [-0.1, -0.05) is 19.1 Å². The number of fused-ring (bicyclic) bond motifs is 1. The first kappa shape index (κ1) is 13.8. The van der Waals surface area contributed by atoms with Gasteiger partial charge in [-0.25, -0.2) is 4.39 Å². The van der Waals surface area contributed by atoms with Gasteiger partial charge in [0.05, 0.1) is 12.2 Å². The molecule has 0 aliphatic heterocycles. The molecule has 3 rings (SSSR count). The summed E-state index contributed by atoms with van der Waals surface area (Å²) in [5.41, 5.74) is 1.31. The summed E-state index contributed by atoms with van der Waals surface area (Å²) in [6, 6.07) is 6.72. The lowest BCUT2D eigenvalue weighted by Gasteiger charge is -2.14. The molecule has 0 aliphatic rings. The minimum atomic E-state index is -0.334. The zero-order valence-corrected chi connectivity index (χ0v) is 12.1. The fraction of sp³-hybridized carbons (Fsp3) is 0.312.